The van der Waals surface area contributed by atoms with E-state index >= 15 is 0 Å². The number of carbonyl (C=O) groups is 1. The van der Waals surface area contributed by atoms with Gasteiger partial charge < -0.3 is 4.90 Å². The molecule has 1 atom stereocenters. The third kappa shape index (κ3) is 2.90. The minimum Gasteiger partial charge on any atom is -0.332 e. The summed E-state index contributed by atoms with van der Waals surface area (Å²) in [6.45, 7) is 4.58. The highest BCUT2D eigenvalue weighted by molar-refractivity contribution is 5.94. The molecule has 0 radical (unpaired) electrons. The predicted octanol–water partition coefficient (Wildman–Crippen LogP) is 4.08. The van der Waals surface area contributed by atoms with Gasteiger partial charge in [0.15, 0.2) is 0 Å². The molecule has 0 aliphatic carbocycles. The van der Waals surface area contributed by atoms with Gasteiger partial charge in [-0.15, -0.1) is 0 Å². The molecule has 5 heteroatoms. The maximum absolute atomic E-state index is 13.6. The number of fused-ring (bicyclic) bond motifs is 1. The average molecular weight is 349 g/mol. The van der Waals surface area contributed by atoms with Gasteiger partial charge in [-0.2, -0.15) is 5.10 Å². The summed E-state index contributed by atoms with van der Waals surface area (Å²) < 4.78 is 15.4. The van der Waals surface area contributed by atoms with Crippen LogP contribution in [0.2, 0.25) is 0 Å². The second-order valence-corrected chi connectivity index (χ2v) is 6.78. The number of carbonyl (C=O) groups excluding carboxylic acids is 1. The van der Waals surface area contributed by atoms with Crippen LogP contribution in [0.3, 0.4) is 0 Å². The van der Waals surface area contributed by atoms with Gasteiger partial charge in [-0.05, 0) is 73.4 Å². The molecule has 1 aliphatic heterocycles. The van der Waals surface area contributed by atoms with Crippen molar-refractivity contribution in [2.45, 2.75) is 26.3 Å². The van der Waals surface area contributed by atoms with E-state index in [9.17, 15) is 9.18 Å². The summed E-state index contributed by atoms with van der Waals surface area (Å²) in [5.41, 5.74) is 4.64. The SMILES string of the molecule is Cc1cnn(-c2ccc(C(=O)N3CCc4ccc(F)cc4C3C)cc2)c1. The van der Waals surface area contributed by atoms with Crippen molar-refractivity contribution in [2.75, 3.05) is 6.54 Å². The van der Waals surface area contributed by atoms with Crippen molar-refractivity contribution in [1.82, 2.24) is 14.7 Å². The van der Waals surface area contributed by atoms with Crippen molar-refractivity contribution in [3.8, 4) is 5.69 Å². The predicted molar refractivity (Wildman–Crippen MR) is 97.9 cm³/mol. The fourth-order valence-electron chi connectivity index (χ4n) is 3.54. The van der Waals surface area contributed by atoms with E-state index in [0.29, 0.717) is 12.1 Å². The van der Waals surface area contributed by atoms with Gasteiger partial charge in [-0.25, -0.2) is 9.07 Å². The summed E-state index contributed by atoms with van der Waals surface area (Å²) in [6.07, 6.45) is 4.48. The molecule has 3 aromatic rings. The highest BCUT2D eigenvalue weighted by atomic mass is 19.1. The number of amides is 1. The summed E-state index contributed by atoms with van der Waals surface area (Å²) >= 11 is 0. The van der Waals surface area contributed by atoms with E-state index in [2.05, 4.69) is 5.10 Å². The summed E-state index contributed by atoms with van der Waals surface area (Å²) in [6, 6.07) is 12.1. The number of nitrogens with zero attached hydrogens (tertiary/aromatic N) is 3. The third-order valence-electron chi connectivity index (χ3n) is 5.00. The number of rotatable bonds is 2. The van der Waals surface area contributed by atoms with E-state index in [1.54, 1.807) is 16.9 Å². The number of hydrogen-bond acceptors (Lipinski definition) is 2. The summed E-state index contributed by atoms with van der Waals surface area (Å²) in [7, 11) is 0. The van der Waals surface area contributed by atoms with Crippen molar-refractivity contribution < 1.29 is 9.18 Å². The van der Waals surface area contributed by atoms with Crippen LogP contribution in [0.5, 0.6) is 0 Å². The van der Waals surface area contributed by atoms with Crippen LogP contribution in [0.15, 0.2) is 54.9 Å². The number of benzene rings is 2. The smallest absolute Gasteiger partial charge is 0.254 e. The molecule has 0 fully saturated rings. The number of halogens is 1. The Balaban J connectivity index is 1.58. The van der Waals surface area contributed by atoms with Crippen molar-refractivity contribution in [3.05, 3.63) is 82.9 Å². The standard InChI is InChI=1S/C21H20FN3O/c1-14-12-23-25(13-14)19-7-4-17(5-8-19)21(26)24-10-9-16-3-6-18(22)11-20(16)15(24)2/h3-8,11-13,15H,9-10H2,1-2H3. The Labute approximate surface area is 151 Å². The van der Waals surface area contributed by atoms with Gasteiger partial charge in [-0.3, -0.25) is 4.79 Å². The van der Waals surface area contributed by atoms with E-state index in [-0.39, 0.29) is 17.8 Å². The molecule has 2 heterocycles. The van der Waals surface area contributed by atoms with Gasteiger partial charge >= 0.3 is 0 Å². The van der Waals surface area contributed by atoms with Gasteiger partial charge in [0.2, 0.25) is 0 Å². The minimum absolute atomic E-state index is 0.0318. The molecule has 1 aliphatic rings. The largest absolute Gasteiger partial charge is 0.332 e. The monoisotopic (exact) mass is 349 g/mol. The van der Waals surface area contributed by atoms with E-state index in [4.69, 9.17) is 0 Å². The highest BCUT2D eigenvalue weighted by Crippen LogP contribution is 2.31. The average Bonchev–Trinajstić information content (AvgIpc) is 3.08. The normalized spacial score (nSPS) is 16.4. The molecular formula is C21H20FN3O. The first-order chi connectivity index (χ1) is 12.5. The lowest BCUT2D eigenvalue weighted by atomic mass is 9.93. The van der Waals surface area contributed by atoms with Crippen LogP contribution in [0.4, 0.5) is 4.39 Å². The fourth-order valence-corrected chi connectivity index (χ4v) is 3.54. The lowest BCUT2D eigenvalue weighted by Gasteiger charge is -2.35. The molecule has 132 valence electrons. The number of aryl methyl sites for hydroxylation is 1. The van der Waals surface area contributed by atoms with Crippen molar-refractivity contribution in [3.63, 3.8) is 0 Å². The van der Waals surface area contributed by atoms with Gasteiger partial charge in [0, 0.05) is 18.3 Å². The minimum atomic E-state index is -0.260. The van der Waals surface area contributed by atoms with E-state index in [1.165, 1.54) is 6.07 Å². The quantitative estimate of drug-likeness (QED) is 0.699. The molecule has 1 aromatic heterocycles. The first-order valence-corrected chi connectivity index (χ1v) is 8.74. The Morgan fingerprint density at radius 2 is 1.96 bits per heavy atom. The molecule has 2 aromatic carbocycles. The molecule has 4 nitrogen and oxygen atoms in total. The van der Waals surface area contributed by atoms with Crippen LogP contribution < -0.4 is 0 Å². The Morgan fingerprint density at radius 3 is 2.65 bits per heavy atom. The third-order valence-corrected chi connectivity index (χ3v) is 5.00. The van der Waals surface area contributed by atoms with Gasteiger partial charge in [-0.1, -0.05) is 6.07 Å². The van der Waals surface area contributed by atoms with E-state index < -0.39 is 0 Å². The Morgan fingerprint density at radius 1 is 1.19 bits per heavy atom. The van der Waals surface area contributed by atoms with E-state index in [1.807, 2.05) is 55.3 Å². The highest BCUT2D eigenvalue weighted by Gasteiger charge is 2.28. The lowest BCUT2D eigenvalue weighted by Crippen LogP contribution is -2.38. The van der Waals surface area contributed by atoms with Gasteiger partial charge in [0.1, 0.15) is 5.82 Å². The first-order valence-electron chi connectivity index (χ1n) is 8.74. The molecule has 0 N–H and O–H groups in total. The molecule has 0 saturated heterocycles. The summed E-state index contributed by atoms with van der Waals surface area (Å²) in [5.74, 6) is -0.292. The summed E-state index contributed by atoms with van der Waals surface area (Å²) in [4.78, 5) is 14.8. The van der Waals surface area contributed by atoms with Gasteiger partial charge in [0.05, 0.1) is 17.9 Å². The maximum Gasteiger partial charge on any atom is 0.254 e. The summed E-state index contributed by atoms with van der Waals surface area (Å²) in [5, 5.41) is 4.28. The number of hydrogen-bond donors (Lipinski definition) is 0. The zero-order chi connectivity index (χ0) is 18.3. The van der Waals surface area contributed by atoms with E-state index in [0.717, 1.165) is 28.8 Å². The van der Waals surface area contributed by atoms with Crippen LogP contribution in [-0.4, -0.2) is 27.1 Å². The van der Waals surface area contributed by atoms with Crippen molar-refractivity contribution in [1.29, 1.82) is 0 Å². The van der Waals surface area contributed by atoms with Crippen LogP contribution in [0.1, 0.15) is 40.0 Å². The van der Waals surface area contributed by atoms with Crippen molar-refractivity contribution >= 4 is 5.91 Å². The molecule has 0 spiro atoms. The molecule has 4 rings (SSSR count). The van der Waals surface area contributed by atoms with Crippen molar-refractivity contribution in [2.24, 2.45) is 0 Å². The maximum atomic E-state index is 13.6. The fraction of sp³-hybridized carbons (Fsp3) is 0.238. The first kappa shape index (κ1) is 16.5. The molecule has 26 heavy (non-hydrogen) atoms. The molecule has 1 amide bonds. The second kappa shape index (κ2) is 6.41. The molecule has 0 saturated carbocycles. The Kier molecular flexibility index (Phi) is 4.07. The lowest BCUT2D eigenvalue weighted by molar-refractivity contribution is 0.0677. The topological polar surface area (TPSA) is 38.1 Å². The molecular weight excluding hydrogens is 329 g/mol. The second-order valence-electron chi connectivity index (χ2n) is 6.78. The Bertz CT molecular complexity index is 962. The number of aromatic nitrogens is 2. The van der Waals surface area contributed by atoms with Gasteiger partial charge in [0.25, 0.3) is 5.91 Å². The Hall–Kier alpha value is -2.95. The molecule has 1 unspecified atom stereocenters. The van der Waals surface area contributed by atoms with Crippen LogP contribution in [0.25, 0.3) is 5.69 Å². The zero-order valence-electron chi connectivity index (χ0n) is 14.8. The van der Waals surface area contributed by atoms with Crippen LogP contribution >= 0.6 is 0 Å². The van der Waals surface area contributed by atoms with Crippen LogP contribution in [-0.2, 0) is 6.42 Å². The zero-order valence-corrected chi connectivity index (χ0v) is 14.8. The molecule has 0 bridgehead atoms. The van der Waals surface area contributed by atoms with Crippen LogP contribution in [0, 0.1) is 12.7 Å².